The maximum absolute atomic E-state index is 12.2. The second-order valence-electron chi connectivity index (χ2n) is 5.07. The van der Waals surface area contributed by atoms with Crippen molar-refractivity contribution in [2.24, 2.45) is 0 Å². The van der Waals surface area contributed by atoms with Crippen LogP contribution in [0.15, 0.2) is 42.5 Å². The summed E-state index contributed by atoms with van der Waals surface area (Å²) in [7, 11) is 3.31. The minimum absolute atomic E-state index is 0.0524. The van der Waals surface area contributed by atoms with E-state index in [0.29, 0.717) is 35.2 Å². The van der Waals surface area contributed by atoms with Gasteiger partial charge in [0.15, 0.2) is 11.5 Å². The molecule has 0 saturated carbocycles. The molecule has 2 rings (SSSR count). The summed E-state index contributed by atoms with van der Waals surface area (Å²) in [6.45, 7) is 2.90. The largest absolute Gasteiger partial charge is 0.493 e. The minimum atomic E-state index is -0.0524. The molecule has 122 valence electrons. The van der Waals surface area contributed by atoms with E-state index in [0.717, 1.165) is 5.56 Å². The molecule has 4 nitrogen and oxygen atoms in total. The van der Waals surface area contributed by atoms with E-state index in [4.69, 9.17) is 21.1 Å². The zero-order valence-electron chi connectivity index (χ0n) is 13.5. The topological polar surface area (TPSA) is 38.8 Å². The first-order chi connectivity index (χ1) is 11.1. The fourth-order valence-electron chi connectivity index (χ4n) is 2.05. The molecule has 0 bridgehead atoms. The standard InChI is InChI=1S/C18H20ClNO3/c1-4-20(2)18(21)13-9-10-16(17(11-13)22-3)23-12-14-7-5-6-8-15(14)19/h5-11H,4,12H2,1-3H3. The van der Waals surface area contributed by atoms with Gasteiger partial charge in [-0.3, -0.25) is 4.79 Å². The Hall–Kier alpha value is -2.20. The number of carbonyl (C=O) groups is 1. The van der Waals surface area contributed by atoms with Crippen molar-refractivity contribution in [3.8, 4) is 11.5 Å². The lowest BCUT2D eigenvalue weighted by Crippen LogP contribution is -2.26. The molecular weight excluding hydrogens is 314 g/mol. The van der Waals surface area contributed by atoms with E-state index < -0.39 is 0 Å². The van der Waals surface area contributed by atoms with Gasteiger partial charge in [-0.1, -0.05) is 29.8 Å². The van der Waals surface area contributed by atoms with Gasteiger partial charge in [0, 0.05) is 29.7 Å². The van der Waals surface area contributed by atoms with Crippen LogP contribution in [0.1, 0.15) is 22.8 Å². The van der Waals surface area contributed by atoms with Crippen molar-refractivity contribution in [3.05, 3.63) is 58.6 Å². The molecule has 0 radical (unpaired) electrons. The van der Waals surface area contributed by atoms with Gasteiger partial charge in [-0.05, 0) is 31.2 Å². The Morgan fingerprint density at radius 1 is 1.17 bits per heavy atom. The van der Waals surface area contributed by atoms with Crippen molar-refractivity contribution in [2.75, 3.05) is 20.7 Å². The molecule has 0 fully saturated rings. The van der Waals surface area contributed by atoms with E-state index in [-0.39, 0.29) is 5.91 Å². The van der Waals surface area contributed by atoms with Crippen LogP contribution in [0.4, 0.5) is 0 Å². The fourth-order valence-corrected chi connectivity index (χ4v) is 2.25. The van der Waals surface area contributed by atoms with Crippen LogP contribution in [0.3, 0.4) is 0 Å². The summed E-state index contributed by atoms with van der Waals surface area (Å²) in [5.74, 6) is 1.04. The molecule has 0 aliphatic carbocycles. The number of ether oxygens (including phenoxy) is 2. The smallest absolute Gasteiger partial charge is 0.253 e. The normalized spacial score (nSPS) is 10.3. The molecule has 0 N–H and O–H groups in total. The van der Waals surface area contributed by atoms with Gasteiger partial charge in [0.1, 0.15) is 6.61 Å². The predicted octanol–water partition coefficient (Wildman–Crippen LogP) is 4.02. The van der Waals surface area contributed by atoms with Gasteiger partial charge in [0.25, 0.3) is 5.91 Å². The van der Waals surface area contributed by atoms with Crippen LogP contribution in [0.5, 0.6) is 11.5 Å². The number of methoxy groups -OCH3 is 1. The first-order valence-electron chi connectivity index (χ1n) is 7.36. The summed E-state index contributed by atoms with van der Waals surface area (Å²) in [4.78, 5) is 13.8. The lowest BCUT2D eigenvalue weighted by molar-refractivity contribution is 0.0802. The molecule has 0 aliphatic rings. The van der Waals surface area contributed by atoms with Crippen molar-refractivity contribution in [1.29, 1.82) is 0 Å². The van der Waals surface area contributed by atoms with E-state index in [9.17, 15) is 4.79 Å². The molecule has 0 saturated heterocycles. The van der Waals surface area contributed by atoms with Crippen molar-refractivity contribution < 1.29 is 14.3 Å². The van der Waals surface area contributed by atoms with Crippen molar-refractivity contribution in [1.82, 2.24) is 4.90 Å². The first-order valence-corrected chi connectivity index (χ1v) is 7.74. The number of halogens is 1. The molecule has 2 aromatic carbocycles. The lowest BCUT2D eigenvalue weighted by atomic mass is 10.1. The Morgan fingerprint density at radius 2 is 1.91 bits per heavy atom. The molecule has 1 amide bonds. The van der Waals surface area contributed by atoms with Crippen LogP contribution in [-0.2, 0) is 6.61 Å². The third kappa shape index (κ3) is 4.17. The third-order valence-electron chi connectivity index (χ3n) is 3.57. The molecule has 2 aromatic rings. The van der Waals surface area contributed by atoms with Gasteiger partial charge < -0.3 is 14.4 Å². The molecule has 0 unspecified atom stereocenters. The summed E-state index contributed by atoms with van der Waals surface area (Å²) < 4.78 is 11.1. The van der Waals surface area contributed by atoms with Crippen molar-refractivity contribution in [2.45, 2.75) is 13.5 Å². The minimum Gasteiger partial charge on any atom is -0.493 e. The highest BCUT2D eigenvalue weighted by Crippen LogP contribution is 2.30. The quantitative estimate of drug-likeness (QED) is 0.801. The third-order valence-corrected chi connectivity index (χ3v) is 3.94. The Morgan fingerprint density at radius 3 is 2.57 bits per heavy atom. The van der Waals surface area contributed by atoms with Gasteiger partial charge in [-0.25, -0.2) is 0 Å². The van der Waals surface area contributed by atoms with Crippen LogP contribution in [0.2, 0.25) is 5.02 Å². The van der Waals surface area contributed by atoms with Crippen LogP contribution in [0.25, 0.3) is 0 Å². The summed E-state index contributed by atoms with van der Waals surface area (Å²) in [5, 5.41) is 0.655. The van der Waals surface area contributed by atoms with Gasteiger partial charge >= 0.3 is 0 Å². The number of rotatable bonds is 6. The second-order valence-corrected chi connectivity index (χ2v) is 5.47. The zero-order chi connectivity index (χ0) is 16.8. The van der Waals surface area contributed by atoms with E-state index in [1.807, 2.05) is 31.2 Å². The summed E-state index contributed by atoms with van der Waals surface area (Å²) in [6.07, 6.45) is 0. The van der Waals surface area contributed by atoms with Crippen molar-refractivity contribution in [3.63, 3.8) is 0 Å². The van der Waals surface area contributed by atoms with Crippen LogP contribution in [-0.4, -0.2) is 31.5 Å². The molecule has 23 heavy (non-hydrogen) atoms. The summed E-state index contributed by atoms with van der Waals surface area (Å²) in [5.41, 5.74) is 1.46. The molecule has 5 heteroatoms. The molecular formula is C18H20ClNO3. The van der Waals surface area contributed by atoms with Crippen LogP contribution in [0, 0.1) is 0 Å². The second kappa shape index (κ2) is 7.88. The molecule has 0 atom stereocenters. The summed E-state index contributed by atoms with van der Waals surface area (Å²) >= 11 is 6.12. The lowest BCUT2D eigenvalue weighted by Gasteiger charge is -2.16. The van der Waals surface area contributed by atoms with E-state index in [2.05, 4.69) is 0 Å². The SMILES string of the molecule is CCN(C)C(=O)c1ccc(OCc2ccccc2Cl)c(OC)c1. The maximum Gasteiger partial charge on any atom is 0.253 e. The number of amides is 1. The molecule has 0 aliphatic heterocycles. The summed E-state index contributed by atoms with van der Waals surface area (Å²) in [6, 6.07) is 12.7. The van der Waals surface area contributed by atoms with Gasteiger partial charge in [0.05, 0.1) is 7.11 Å². The molecule has 0 spiro atoms. The first kappa shape index (κ1) is 17.2. The van der Waals surface area contributed by atoms with Crippen LogP contribution < -0.4 is 9.47 Å². The molecule has 0 aromatic heterocycles. The van der Waals surface area contributed by atoms with E-state index in [1.54, 1.807) is 37.3 Å². The van der Waals surface area contributed by atoms with Gasteiger partial charge in [-0.2, -0.15) is 0 Å². The average molecular weight is 334 g/mol. The number of nitrogens with zero attached hydrogens (tertiary/aromatic N) is 1. The number of benzene rings is 2. The Labute approximate surface area is 141 Å². The highest BCUT2D eigenvalue weighted by atomic mass is 35.5. The highest BCUT2D eigenvalue weighted by Gasteiger charge is 2.14. The molecule has 0 heterocycles. The zero-order valence-corrected chi connectivity index (χ0v) is 14.3. The van der Waals surface area contributed by atoms with Gasteiger partial charge in [0.2, 0.25) is 0 Å². The predicted molar refractivity (Wildman–Crippen MR) is 91.4 cm³/mol. The highest BCUT2D eigenvalue weighted by molar-refractivity contribution is 6.31. The van der Waals surface area contributed by atoms with Gasteiger partial charge in [-0.15, -0.1) is 0 Å². The van der Waals surface area contributed by atoms with Crippen LogP contribution >= 0.6 is 11.6 Å². The Bertz CT molecular complexity index is 688. The number of hydrogen-bond donors (Lipinski definition) is 0. The fraction of sp³-hybridized carbons (Fsp3) is 0.278. The number of carbonyl (C=O) groups excluding carboxylic acids is 1. The number of hydrogen-bond acceptors (Lipinski definition) is 3. The van der Waals surface area contributed by atoms with E-state index >= 15 is 0 Å². The maximum atomic E-state index is 12.2. The van der Waals surface area contributed by atoms with E-state index in [1.165, 1.54) is 0 Å². The monoisotopic (exact) mass is 333 g/mol. The average Bonchev–Trinajstić information content (AvgIpc) is 2.59. The Kier molecular flexibility index (Phi) is 5.88. The van der Waals surface area contributed by atoms with Crippen molar-refractivity contribution >= 4 is 17.5 Å². The Balaban J connectivity index is 2.17.